The molecule has 1 nitrogen and oxygen atoms in total. The monoisotopic (exact) mass is 204 g/mol. The molecule has 0 amide bonds. The van der Waals surface area contributed by atoms with E-state index in [1.807, 2.05) is 0 Å². The molecular weight excluding hydrogens is 184 g/mol. The van der Waals surface area contributed by atoms with Crippen LogP contribution in [0, 0.1) is 5.41 Å². The van der Waals surface area contributed by atoms with Gasteiger partial charge in [0.05, 0.1) is 12.2 Å². The summed E-state index contributed by atoms with van der Waals surface area (Å²) < 4.78 is 5.93. The molecule has 0 aliphatic heterocycles. The standard InChI is InChI=1S/C11H21ClO/c1-5-6-8(2)13-10-7-9(12)11(10,3)4/h8-10H,5-7H2,1-4H3. The van der Waals surface area contributed by atoms with Crippen LogP contribution in [0.5, 0.6) is 0 Å². The van der Waals surface area contributed by atoms with Crippen molar-refractivity contribution in [2.24, 2.45) is 5.41 Å². The molecule has 1 fully saturated rings. The minimum Gasteiger partial charge on any atom is -0.375 e. The highest BCUT2D eigenvalue weighted by Crippen LogP contribution is 2.46. The Hall–Kier alpha value is 0.250. The maximum atomic E-state index is 6.12. The fourth-order valence-electron chi connectivity index (χ4n) is 1.82. The van der Waals surface area contributed by atoms with Gasteiger partial charge < -0.3 is 4.74 Å². The van der Waals surface area contributed by atoms with E-state index in [0.717, 1.165) is 12.8 Å². The zero-order valence-electron chi connectivity index (χ0n) is 9.14. The molecule has 1 aliphatic carbocycles. The number of hydrogen-bond donors (Lipinski definition) is 0. The van der Waals surface area contributed by atoms with Crippen LogP contribution in [0.15, 0.2) is 0 Å². The summed E-state index contributed by atoms with van der Waals surface area (Å²) in [4.78, 5) is 0. The van der Waals surface area contributed by atoms with Gasteiger partial charge in [0, 0.05) is 10.8 Å². The first kappa shape index (κ1) is 11.3. The van der Waals surface area contributed by atoms with Crippen LogP contribution in [0.3, 0.4) is 0 Å². The molecule has 1 rings (SSSR count). The smallest absolute Gasteiger partial charge is 0.0658 e. The van der Waals surface area contributed by atoms with Crippen LogP contribution in [0.4, 0.5) is 0 Å². The molecule has 13 heavy (non-hydrogen) atoms. The molecule has 0 N–H and O–H groups in total. The Morgan fingerprint density at radius 2 is 2.15 bits per heavy atom. The molecule has 0 aromatic heterocycles. The predicted molar refractivity (Wildman–Crippen MR) is 57.3 cm³/mol. The van der Waals surface area contributed by atoms with Crippen molar-refractivity contribution in [2.75, 3.05) is 0 Å². The third-order valence-corrected chi connectivity index (χ3v) is 3.89. The Kier molecular flexibility index (Phi) is 3.64. The van der Waals surface area contributed by atoms with E-state index in [9.17, 15) is 0 Å². The molecule has 0 spiro atoms. The van der Waals surface area contributed by atoms with Gasteiger partial charge in [-0.05, 0) is 19.8 Å². The quantitative estimate of drug-likeness (QED) is 0.636. The molecule has 0 saturated heterocycles. The molecule has 3 atom stereocenters. The third kappa shape index (κ3) is 2.38. The van der Waals surface area contributed by atoms with Crippen molar-refractivity contribution in [3.63, 3.8) is 0 Å². The van der Waals surface area contributed by atoms with Crippen molar-refractivity contribution in [1.82, 2.24) is 0 Å². The van der Waals surface area contributed by atoms with Gasteiger partial charge in [0.15, 0.2) is 0 Å². The van der Waals surface area contributed by atoms with Crippen molar-refractivity contribution < 1.29 is 4.74 Å². The minimum absolute atomic E-state index is 0.170. The first-order valence-corrected chi connectivity index (χ1v) is 5.71. The van der Waals surface area contributed by atoms with E-state index in [-0.39, 0.29) is 5.41 Å². The second kappa shape index (κ2) is 4.18. The number of rotatable bonds is 4. The van der Waals surface area contributed by atoms with E-state index in [1.165, 1.54) is 6.42 Å². The van der Waals surface area contributed by atoms with Crippen molar-refractivity contribution in [2.45, 2.75) is 64.5 Å². The molecule has 0 radical (unpaired) electrons. The van der Waals surface area contributed by atoms with Crippen LogP contribution in [0.1, 0.15) is 47.0 Å². The molecule has 0 aromatic carbocycles. The van der Waals surface area contributed by atoms with Crippen molar-refractivity contribution >= 4 is 11.6 Å². The van der Waals surface area contributed by atoms with Gasteiger partial charge in [0.25, 0.3) is 0 Å². The Balaban J connectivity index is 2.31. The average molecular weight is 205 g/mol. The maximum Gasteiger partial charge on any atom is 0.0658 e. The largest absolute Gasteiger partial charge is 0.375 e. The second-order valence-corrected chi connectivity index (χ2v) is 5.28. The summed E-state index contributed by atoms with van der Waals surface area (Å²) in [5.41, 5.74) is 0.170. The van der Waals surface area contributed by atoms with Gasteiger partial charge in [-0.15, -0.1) is 11.6 Å². The summed E-state index contributed by atoms with van der Waals surface area (Å²) in [6.07, 6.45) is 4.12. The van der Waals surface area contributed by atoms with Gasteiger partial charge >= 0.3 is 0 Å². The normalized spacial score (nSPS) is 33.9. The van der Waals surface area contributed by atoms with Crippen molar-refractivity contribution in [3.05, 3.63) is 0 Å². The lowest BCUT2D eigenvalue weighted by Crippen LogP contribution is -2.52. The van der Waals surface area contributed by atoms with E-state index >= 15 is 0 Å². The molecule has 0 bridgehead atoms. The zero-order chi connectivity index (χ0) is 10.1. The third-order valence-electron chi connectivity index (χ3n) is 3.15. The lowest BCUT2D eigenvalue weighted by atomic mass is 9.68. The topological polar surface area (TPSA) is 9.23 Å². The summed E-state index contributed by atoms with van der Waals surface area (Å²) in [6.45, 7) is 8.73. The molecule has 78 valence electrons. The van der Waals surface area contributed by atoms with Crippen molar-refractivity contribution in [1.29, 1.82) is 0 Å². The van der Waals surface area contributed by atoms with Gasteiger partial charge in [0.2, 0.25) is 0 Å². The van der Waals surface area contributed by atoms with E-state index < -0.39 is 0 Å². The van der Waals surface area contributed by atoms with Gasteiger partial charge in [-0.3, -0.25) is 0 Å². The highest BCUT2D eigenvalue weighted by Gasteiger charge is 2.48. The van der Waals surface area contributed by atoms with Crippen LogP contribution < -0.4 is 0 Å². The molecule has 1 aliphatic rings. The second-order valence-electron chi connectivity index (χ2n) is 4.75. The fraction of sp³-hybridized carbons (Fsp3) is 1.00. The predicted octanol–water partition coefficient (Wildman–Crippen LogP) is 3.60. The van der Waals surface area contributed by atoms with E-state index in [2.05, 4.69) is 27.7 Å². The van der Waals surface area contributed by atoms with Crippen LogP contribution in [0.25, 0.3) is 0 Å². The first-order valence-electron chi connectivity index (χ1n) is 5.28. The maximum absolute atomic E-state index is 6.12. The summed E-state index contributed by atoms with van der Waals surface area (Å²) in [6, 6.07) is 0. The van der Waals surface area contributed by atoms with Crippen LogP contribution in [-0.2, 0) is 4.74 Å². The highest BCUT2D eigenvalue weighted by molar-refractivity contribution is 6.21. The van der Waals surface area contributed by atoms with Crippen LogP contribution >= 0.6 is 11.6 Å². The Labute approximate surface area is 86.8 Å². The van der Waals surface area contributed by atoms with Gasteiger partial charge in [-0.2, -0.15) is 0 Å². The Morgan fingerprint density at radius 3 is 2.54 bits per heavy atom. The Bertz CT molecular complexity index is 167. The van der Waals surface area contributed by atoms with Crippen molar-refractivity contribution in [3.8, 4) is 0 Å². The summed E-state index contributed by atoms with van der Waals surface area (Å²) in [5, 5.41) is 0.298. The lowest BCUT2D eigenvalue weighted by Gasteiger charge is -2.49. The summed E-state index contributed by atoms with van der Waals surface area (Å²) in [5.74, 6) is 0. The zero-order valence-corrected chi connectivity index (χ0v) is 9.90. The average Bonchev–Trinajstić information content (AvgIpc) is 2.04. The molecule has 3 unspecified atom stereocenters. The van der Waals surface area contributed by atoms with Gasteiger partial charge in [-0.1, -0.05) is 27.2 Å². The minimum atomic E-state index is 0.170. The Morgan fingerprint density at radius 1 is 1.54 bits per heavy atom. The summed E-state index contributed by atoms with van der Waals surface area (Å²) >= 11 is 6.12. The van der Waals surface area contributed by atoms with Gasteiger partial charge in [-0.25, -0.2) is 0 Å². The number of halogens is 1. The molecule has 2 heteroatoms. The van der Waals surface area contributed by atoms with E-state index in [4.69, 9.17) is 16.3 Å². The van der Waals surface area contributed by atoms with Crippen LogP contribution in [0.2, 0.25) is 0 Å². The van der Waals surface area contributed by atoms with Crippen LogP contribution in [-0.4, -0.2) is 17.6 Å². The number of ether oxygens (including phenoxy) is 1. The molecule has 0 aromatic rings. The van der Waals surface area contributed by atoms with E-state index in [0.29, 0.717) is 17.6 Å². The highest BCUT2D eigenvalue weighted by atomic mass is 35.5. The number of alkyl halides is 1. The number of hydrogen-bond acceptors (Lipinski definition) is 1. The molecule has 1 saturated carbocycles. The lowest BCUT2D eigenvalue weighted by molar-refractivity contribution is -0.120. The first-order chi connectivity index (χ1) is 5.98. The van der Waals surface area contributed by atoms with Gasteiger partial charge in [0.1, 0.15) is 0 Å². The summed E-state index contributed by atoms with van der Waals surface area (Å²) in [7, 11) is 0. The molecule has 0 heterocycles. The SMILES string of the molecule is CCCC(C)OC1CC(Cl)C1(C)C. The fourth-order valence-corrected chi connectivity index (χ4v) is 2.12. The molecular formula is C11H21ClO. The van der Waals surface area contributed by atoms with E-state index in [1.54, 1.807) is 0 Å².